The number of hydrogen-bond acceptors (Lipinski definition) is 6. The number of hydrogen-bond donors (Lipinski definition) is 1. The molecule has 0 saturated heterocycles. The third kappa shape index (κ3) is 5.20. The first-order chi connectivity index (χ1) is 16.0. The molecule has 1 atom stereocenters. The number of carbonyl (C=O) groups is 1. The summed E-state index contributed by atoms with van der Waals surface area (Å²) in [4.78, 5) is 12.8. The van der Waals surface area contributed by atoms with Crippen LogP contribution in [0.3, 0.4) is 0 Å². The fourth-order valence-electron chi connectivity index (χ4n) is 3.36. The molecule has 0 aromatic heterocycles. The van der Waals surface area contributed by atoms with E-state index in [4.69, 9.17) is 14.2 Å². The normalized spacial score (nSPS) is 14.9. The highest BCUT2D eigenvalue weighted by Gasteiger charge is 2.28. The first-order valence-electron chi connectivity index (χ1n) is 10.3. The van der Waals surface area contributed by atoms with Crippen LogP contribution in [-0.4, -0.2) is 47.2 Å². The quantitative estimate of drug-likeness (QED) is 0.546. The monoisotopic (exact) mass is 468 g/mol. The fraction of sp³-hybridized carbons (Fsp3) is 0.208. The number of ether oxygens (including phenoxy) is 3. The third-order valence-corrected chi connectivity index (χ3v) is 6.86. The number of benzene rings is 3. The molecule has 0 radical (unpaired) electrons. The molecule has 1 aliphatic rings. The van der Waals surface area contributed by atoms with Crippen molar-refractivity contribution < 1.29 is 27.4 Å². The summed E-state index contributed by atoms with van der Waals surface area (Å²) in [7, 11) is -2.49. The highest BCUT2D eigenvalue weighted by atomic mass is 32.2. The van der Waals surface area contributed by atoms with Gasteiger partial charge in [0.25, 0.3) is 10.0 Å². The molecule has 9 heteroatoms. The van der Waals surface area contributed by atoms with E-state index in [0.29, 0.717) is 22.9 Å². The molecule has 3 aromatic rings. The minimum absolute atomic E-state index is 0.0561. The molecule has 0 fully saturated rings. The van der Waals surface area contributed by atoms with Crippen LogP contribution >= 0.6 is 0 Å². The summed E-state index contributed by atoms with van der Waals surface area (Å²) >= 11 is 0. The maximum atomic E-state index is 13.4. The van der Waals surface area contributed by atoms with Crippen molar-refractivity contribution in [2.75, 3.05) is 31.1 Å². The maximum absolute atomic E-state index is 13.4. The van der Waals surface area contributed by atoms with Crippen LogP contribution < -0.4 is 23.8 Å². The SMILES string of the molecule is COc1ccc(S(=O)(=O)N(CC(=O)NC[C@@H]2COc3ccccc3O2)c2ccccc2)cc1. The standard InChI is InChI=1S/C24H24N2O6S/c1-30-19-11-13-21(14-12-19)33(28,29)26(18-7-3-2-4-8-18)16-24(27)25-15-20-17-31-22-9-5-6-10-23(22)32-20/h2-14,20H,15-17H2,1H3,(H,25,27)/t20-/m1/s1. The van der Waals surface area contributed by atoms with Crippen molar-refractivity contribution in [2.24, 2.45) is 0 Å². The summed E-state index contributed by atoms with van der Waals surface area (Å²) in [6, 6.07) is 21.8. The zero-order valence-electron chi connectivity index (χ0n) is 18.0. The number of nitrogens with zero attached hydrogens (tertiary/aromatic N) is 1. The highest BCUT2D eigenvalue weighted by Crippen LogP contribution is 2.30. The van der Waals surface area contributed by atoms with Gasteiger partial charge in [0.1, 0.15) is 25.0 Å². The van der Waals surface area contributed by atoms with E-state index >= 15 is 0 Å². The second-order valence-electron chi connectivity index (χ2n) is 7.32. The van der Waals surface area contributed by atoms with Gasteiger partial charge >= 0.3 is 0 Å². The lowest BCUT2D eigenvalue weighted by atomic mass is 10.2. The smallest absolute Gasteiger partial charge is 0.264 e. The third-order valence-electron chi connectivity index (χ3n) is 5.07. The van der Waals surface area contributed by atoms with Crippen molar-refractivity contribution in [3.63, 3.8) is 0 Å². The Morgan fingerprint density at radius 3 is 2.36 bits per heavy atom. The minimum Gasteiger partial charge on any atom is -0.497 e. The second kappa shape index (κ2) is 9.83. The lowest BCUT2D eigenvalue weighted by molar-refractivity contribution is -0.120. The zero-order valence-corrected chi connectivity index (χ0v) is 18.8. The van der Waals surface area contributed by atoms with E-state index in [9.17, 15) is 13.2 Å². The van der Waals surface area contributed by atoms with Crippen molar-refractivity contribution in [3.05, 3.63) is 78.9 Å². The molecular formula is C24H24N2O6S. The van der Waals surface area contributed by atoms with Gasteiger partial charge in [0.2, 0.25) is 5.91 Å². The van der Waals surface area contributed by atoms with Gasteiger partial charge in [0.15, 0.2) is 11.5 Å². The summed E-state index contributed by atoms with van der Waals surface area (Å²) in [6.45, 7) is 0.0742. The van der Waals surface area contributed by atoms with E-state index in [-0.39, 0.29) is 30.7 Å². The Morgan fingerprint density at radius 2 is 1.67 bits per heavy atom. The molecule has 0 saturated carbocycles. The van der Waals surface area contributed by atoms with Gasteiger partial charge in [-0.3, -0.25) is 9.10 Å². The van der Waals surface area contributed by atoms with E-state index in [1.807, 2.05) is 18.2 Å². The molecule has 4 rings (SSSR count). The number of nitrogens with one attached hydrogen (secondary N) is 1. The van der Waals surface area contributed by atoms with E-state index in [1.165, 1.54) is 19.2 Å². The Morgan fingerprint density at radius 1 is 1.00 bits per heavy atom. The minimum atomic E-state index is -4.00. The molecule has 33 heavy (non-hydrogen) atoms. The number of methoxy groups -OCH3 is 1. The van der Waals surface area contributed by atoms with Crippen molar-refractivity contribution >= 4 is 21.6 Å². The van der Waals surface area contributed by atoms with Gasteiger partial charge in [-0.05, 0) is 48.5 Å². The van der Waals surface area contributed by atoms with Gasteiger partial charge < -0.3 is 19.5 Å². The van der Waals surface area contributed by atoms with Gasteiger partial charge in [-0.25, -0.2) is 8.42 Å². The molecule has 0 unspecified atom stereocenters. The van der Waals surface area contributed by atoms with E-state index in [1.54, 1.807) is 48.5 Å². The Balaban J connectivity index is 1.47. The molecule has 1 aliphatic heterocycles. The molecule has 0 spiro atoms. The predicted octanol–water partition coefficient (Wildman–Crippen LogP) is 2.85. The molecule has 3 aromatic carbocycles. The van der Waals surface area contributed by atoms with Crippen LogP contribution in [0.2, 0.25) is 0 Å². The number of carbonyl (C=O) groups excluding carboxylic acids is 1. The molecule has 1 amide bonds. The molecular weight excluding hydrogens is 444 g/mol. The number of amides is 1. The Bertz CT molecular complexity index is 1200. The van der Waals surface area contributed by atoms with E-state index in [0.717, 1.165) is 4.31 Å². The Labute approximate surface area is 192 Å². The molecule has 8 nitrogen and oxygen atoms in total. The maximum Gasteiger partial charge on any atom is 0.264 e. The highest BCUT2D eigenvalue weighted by molar-refractivity contribution is 7.92. The van der Waals surface area contributed by atoms with Crippen molar-refractivity contribution in [1.29, 1.82) is 0 Å². The van der Waals surface area contributed by atoms with Crippen LogP contribution in [0.5, 0.6) is 17.2 Å². The fourth-order valence-corrected chi connectivity index (χ4v) is 4.78. The Kier molecular flexibility index (Phi) is 6.69. The van der Waals surface area contributed by atoms with Crippen LogP contribution in [0.4, 0.5) is 5.69 Å². The summed E-state index contributed by atoms with van der Waals surface area (Å²) in [5.41, 5.74) is 0.384. The summed E-state index contributed by atoms with van der Waals surface area (Å²) in [6.07, 6.45) is -0.382. The topological polar surface area (TPSA) is 94.2 Å². The van der Waals surface area contributed by atoms with Crippen LogP contribution in [0.25, 0.3) is 0 Å². The number of sulfonamides is 1. The van der Waals surface area contributed by atoms with E-state index < -0.39 is 15.9 Å². The molecule has 0 bridgehead atoms. The largest absolute Gasteiger partial charge is 0.497 e. The average molecular weight is 469 g/mol. The van der Waals surface area contributed by atoms with Gasteiger partial charge in [-0.15, -0.1) is 0 Å². The van der Waals surface area contributed by atoms with Crippen LogP contribution in [0.15, 0.2) is 83.8 Å². The number of rotatable bonds is 8. The zero-order chi connectivity index (χ0) is 23.3. The molecule has 172 valence electrons. The molecule has 0 aliphatic carbocycles. The van der Waals surface area contributed by atoms with Crippen molar-refractivity contribution in [2.45, 2.75) is 11.0 Å². The first-order valence-corrected chi connectivity index (χ1v) is 11.8. The second-order valence-corrected chi connectivity index (χ2v) is 9.19. The molecule has 1 heterocycles. The van der Waals surface area contributed by atoms with Gasteiger partial charge in [0, 0.05) is 0 Å². The van der Waals surface area contributed by atoms with Gasteiger partial charge in [-0.2, -0.15) is 0 Å². The van der Waals surface area contributed by atoms with Crippen LogP contribution in [0, 0.1) is 0 Å². The summed E-state index contributed by atoms with van der Waals surface area (Å²) in [5, 5.41) is 2.76. The van der Waals surface area contributed by atoms with Crippen LogP contribution in [0.1, 0.15) is 0 Å². The van der Waals surface area contributed by atoms with Gasteiger partial charge in [-0.1, -0.05) is 30.3 Å². The van der Waals surface area contributed by atoms with E-state index in [2.05, 4.69) is 5.32 Å². The number of anilines is 1. The summed E-state index contributed by atoms with van der Waals surface area (Å²) in [5.74, 6) is 1.34. The lowest BCUT2D eigenvalue weighted by Crippen LogP contribution is -2.45. The predicted molar refractivity (Wildman–Crippen MR) is 123 cm³/mol. The lowest BCUT2D eigenvalue weighted by Gasteiger charge is -2.27. The van der Waals surface area contributed by atoms with Crippen molar-refractivity contribution in [1.82, 2.24) is 5.32 Å². The Hall–Kier alpha value is -3.72. The average Bonchev–Trinajstić information content (AvgIpc) is 2.86. The van der Waals surface area contributed by atoms with Crippen molar-refractivity contribution in [3.8, 4) is 17.2 Å². The number of fused-ring (bicyclic) bond motifs is 1. The van der Waals surface area contributed by atoms with Gasteiger partial charge in [0.05, 0.1) is 24.2 Å². The molecule has 1 N–H and O–H groups in total. The first kappa shape index (κ1) is 22.5. The van der Waals surface area contributed by atoms with Crippen LogP contribution in [-0.2, 0) is 14.8 Å². The number of para-hydroxylation sites is 3. The summed E-state index contributed by atoms with van der Waals surface area (Å²) < 4.78 is 44.4.